The fourth-order valence-corrected chi connectivity index (χ4v) is 0.612. The van der Waals surface area contributed by atoms with Crippen LogP contribution in [0.5, 0.6) is 0 Å². The van der Waals surface area contributed by atoms with Gasteiger partial charge in [0.25, 0.3) is 0 Å². The monoisotopic (exact) mass is 203 g/mol. The van der Waals surface area contributed by atoms with E-state index in [-0.39, 0.29) is 12.1 Å². The van der Waals surface area contributed by atoms with Crippen molar-refractivity contribution in [3.05, 3.63) is 11.8 Å². The van der Waals surface area contributed by atoms with Gasteiger partial charge in [0.2, 0.25) is 5.84 Å². The summed E-state index contributed by atoms with van der Waals surface area (Å²) < 4.78 is 36.2. The Balaban J connectivity index is 4.95. The maximum atomic E-state index is 12.1. The van der Waals surface area contributed by atoms with Crippen molar-refractivity contribution in [3.8, 4) is 6.07 Å². The second kappa shape index (κ2) is 5.17. The molecule has 0 aliphatic heterocycles. The molecule has 14 heavy (non-hydrogen) atoms. The SMILES string of the molecule is C=NC(=N/C(=C\C)CC#N)C(F)(F)F. The smallest absolute Gasteiger partial charge is 0.241 e. The van der Waals surface area contributed by atoms with Crippen LogP contribution in [0.15, 0.2) is 21.8 Å². The Morgan fingerprint density at radius 2 is 2.14 bits per heavy atom. The summed E-state index contributed by atoms with van der Waals surface area (Å²) in [4.78, 5) is 5.93. The molecule has 0 spiro atoms. The van der Waals surface area contributed by atoms with Crippen molar-refractivity contribution in [2.45, 2.75) is 19.5 Å². The van der Waals surface area contributed by atoms with Crippen LogP contribution in [0.25, 0.3) is 0 Å². The van der Waals surface area contributed by atoms with Gasteiger partial charge in [0.1, 0.15) is 0 Å². The van der Waals surface area contributed by atoms with Crippen molar-refractivity contribution >= 4 is 12.6 Å². The number of rotatable bonds is 2. The summed E-state index contributed by atoms with van der Waals surface area (Å²) in [6.45, 7) is 4.26. The van der Waals surface area contributed by atoms with Gasteiger partial charge in [0, 0.05) is 0 Å². The molecule has 0 heterocycles. The molecule has 0 atom stereocenters. The predicted molar refractivity (Wildman–Crippen MR) is 47.0 cm³/mol. The lowest BCUT2D eigenvalue weighted by atomic mass is 10.3. The zero-order chi connectivity index (χ0) is 11.2. The highest BCUT2D eigenvalue weighted by Crippen LogP contribution is 2.19. The summed E-state index contributed by atoms with van der Waals surface area (Å²) in [7, 11) is 0. The largest absolute Gasteiger partial charge is 0.451 e. The van der Waals surface area contributed by atoms with Crippen molar-refractivity contribution in [2.75, 3.05) is 0 Å². The zero-order valence-electron chi connectivity index (χ0n) is 7.47. The highest BCUT2D eigenvalue weighted by atomic mass is 19.4. The van der Waals surface area contributed by atoms with E-state index in [4.69, 9.17) is 5.26 Å². The van der Waals surface area contributed by atoms with Gasteiger partial charge in [-0.3, -0.25) is 0 Å². The second-order valence-corrected chi connectivity index (χ2v) is 2.21. The molecular weight excluding hydrogens is 195 g/mol. The molecule has 0 saturated carbocycles. The molecule has 0 fully saturated rings. The van der Waals surface area contributed by atoms with Gasteiger partial charge >= 0.3 is 6.18 Å². The van der Waals surface area contributed by atoms with E-state index in [1.165, 1.54) is 13.0 Å². The van der Waals surface area contributed by atoms with Gasteiger partial charge < -0.3 is 0 Å². The fraction of sp³-hybridized carbons (Fsp3) is 0.375. The second-order valence-electron chi connectivity index (χ2n) is 2.21. The number of hydrogen-bond donors (Lipinski definition) is 0. The minimum absolute atomic E-state index is 0.0206. The first kappa shape index (κ1) is 12.4. The van der Waals surface area contributed by atoms with Gasteiger partial charge in [-0.1, -0.05) is 6.08 Å². The first-order chi connectivity index (χ1) is 6.45. The number of amidine groups is 1. The number of nitriles is 1. The molecule has 0 aromatic heterocycles. The minimum Gasteiger partial charge on any atom is -0.241 e. The number of aliphatic imine (C=N–C) groups is 2. The van der Waals surface area contributed by atoms with Gasteiger partial charge in [0.05, 0.1) is 18.2 Å². The van der Waals surface area contributed by atoms with E-state index in [0.717, 1.165) is 0 Å². The minimum atomic E-state index is -4.63. The van der Waals surface area contributed by atoms with Crippen LogP contribution >= 0.6 is 0 Å². The van der Waals surface area contributed by atoms with Gasteiger partial charge in [-0.15, -0.1) is 0 Å². The molecule has 0 aliphatic carbocycles. The standard InChI is InChI=1S/C8H8F3N3/c1-3-6(4-5-12)14-7(13-2)8(9,10)11/h3H,2,4H2,1H3/b6-3-,14-7?. The molecule has 0 saturated heterocycles. The van der Waals surface area contributed by atoms with Crippen molar-refractivity contribution in [1.82, 2.24) is 0 Å². The molecule has 0 aromatic rings. The van der Waals surface area contributed by atoms with Crippen molar-refractivity contribution in [3.63, 3.8) is 0 Å². The molecule has 76 valence electrons. The first-order valence-corrected chi connectivity index (χ1v) is 3.60. The van der Waals surface area contributed by atoms with E-state index >= 15 is 0 Å². The number of alkyl halides is 3. The molecule has 0 bridgehead atoms. The average molecular weight is 203 g/mol. The lowest BCUT2D eigenvalue weighted by Gasteiger charge is -2.04. The Bertz CT molecular complexity index is 307. The molecule has 0 amide bonds. The number of hydrogen-bond acceptors (Lipinski definition) is 2. The Labute approximate surface area is 79.3 Å². The summed E-state index contributed by atoms with van der Waals surface area (Å²) in [5, 5.41) is 8.27. The van der Waals surface area contributed by atoms with Crippen LogP contribution in [0.4, 0.5) is 13.2 Å². The lowest BCUT2D eigenvalue weighted by molar-refractivity contribution is -0.0596. The molecule has 3 nitrogen and oxygen atoms in total. The van der Waals surface area contributed by atoms with Gasteiger partial charge in [-0.05, 0) is 13.6 Å². The average Bonchev–Trinajstić information content (AvgIpc) is 2.10. The third kappa shape index (κ3) is 3.85. The third-order valence-corrected chi connectivity index (χ3v) is 1.25. The van der Waals surface area contributed by atoms with E-state index in [0.29, 0.717) is 0 Å². The molecular formula is C8H8F3N3. The van der Waals surface area contributed by atoms with Crippen molar-refractivity contribution in [1.29, 1.82) is 5.26 Å². The van der Waals surface area contributed by atoms with E-state index in [1.807, 2.05) is 0 Å². The van der Waals surface area contributed by atoms with Crippen LogP contribution in [-0.2, 0) is 0 Å². The lowest BCUT2D eigenvalue weighted by Crippen LogP contribution is -2.20. The van der Waals surface area contributed by atoms with Crippen LogP contribution in [-0.4, -0.2) is 18.7 Å². The number of allylic oxidation sites excluding steroid dienone is 2. The van der Waals surface area contributed by atoms with E-state index in [1.54, 1.807) is 6.07 Å². The zero-order valence-corrected chi connectivity index (χ0v) is 7.47. The molecule has 0 unspecified atom stereocenters. The highest BCUT2D eigenvalue weighted by Gasteiger charge is 2.35. The van der Waals surface area contributed by atoms with E-state index in [9.17, 15) is 13.2 Å². The van der Waals surface area contributed by atoms with Crippen LogP contribution in [0, 0.1) is 11.3 Å². The van der Waals surface area contributed by atoms with Crippen LogP contribution in [0.2, 0.25) is 0 Å². The highest BCUT2D eigenvalue weighted by molar-refractivity contribution is 5.91. The molecule has 6 heteroatoms. The van der Waals surface area contributed by atoms with Crippen molar-refractivity contribution in [2.24, 2.45) is 9.98 Å². The first-order valence-electron chi connectivity index (χ1n) is 3.60. The Morgan fingerprint density at radius 3 is 2.43 bits per heavy atom. The summed E-state index contributed by atoms with van der Waals surface area (Å²) in [5.41, 5.74) is 0.0206. The molecule has 0 rings (SSSR count). The Hall–Kier alpha value is -1.64. The normalized spacial score (nSPS) is 13.6. The fourth-order valence-electron chi connectivity index (χ4n) is 0.612. The third-order valence-electron chi connectivity index (χ3n) is 1.25. The van der Waals surface area contributed by atoms with Crippen LogP contribution in [0.3, 0.4) is 0 Å². The molecule has 0 aliphatic rings. The Kier molecular flexibility index (Phi) is 4.56. The van der Waals surface area contributed by atoms with Gasteiger partial charge in [-0.2, -0.15) is 18.4 Å². The Morgan fingerprint density at radius 1 is 1.57 bits per heavy atom. The topological polar surface area (TPSA) is 48.5 Å². The summed E-state index contributed by atoms with van der Waals surface area (Å²) in [5.74, 6) is -1.33. The van der Waals surface area contributed by atoms with Crippen LogP contribution < -0.4 is 0 Å². The molecule has 0 N–H and O–H groups in total. The summed E-state index contributed by atoms with van der Waals surface area (Å²) in [6, 6.07) is 1.69. The quantitative estimate of drug-likeness (QED) is 0.502. The van der Waals surface area contributed by atoms with Crippen molar-refractivity contribution < 1.29 is 13.2 Å². The summed E-state index contributed by atoms with van der Waals surface area (Å²) in [6.07, 6.45) is -3.50. The molecule has 0 radical (unpaired) electrons. The summed E-state index contributed by atoms with van der Waals surface area (Å²) >= 11 is 0. The number of halogens is 3. The predicted octanol–water partition coefficient (Wildman–Crippen LogP) is 2.47. The number of nitrogens with zero attached hydrogens (tertiary/aromatic N) is 3. The molecule has 0 aromatic carbocycles. The van der Waals surface area contributed by atoms with Gasteiger partial charge in [-0.25, -0.2) is 9.98 Å². The maximum absolute atomic E-state index is 12.1. The van der Waals surface area contributed by atoms with E-state index in [2.05, 4.69) is 16.7 Å². The van der Waals surface area contributed by atoms with E-state index < -0.39 is 12.0 Å². The van der Waals surface area contributed by atoms with Crippen LogP contribution in [0.1, 0.15) is 13.3 Å². The maximum Gasteiger partial charge on any atom is 0.451 e. The van der Waals surface area contributed by atoms with Gasteiger partial charge in [0.15, 0.2) is 0 Å².